The smallest absolute Gasteiger partial charge is 0.0878 e. The van der Waals surface area contributed by atoms with Crippen molar-refractivity contribution in [1.82, 2.24) is 4.98 Å². The Morgan fingerprint density at radius 2 is 2.21 bits per heavy atom. The minimum atomic E-state index is -1.17. The zero-order valence-electron chi connectivity index (χ0n) is 7.53. The van der Waals surface area contributed by atoms with Gasteiger partial charge in [-0.3, -0.25) is 0 Å². The molecule has 0 aliphatic carbocycles. The summed E-state index contributed by atoms with van der Waals surface area (Å²) in [6.07, 6.45) is 1.98. The molecule has 0 radical (unpaired) electrons. The Kier molecular flexibility index (Phi) is 2.21. The van der Waals surface area contributed by atoms with E-state index in [0.29, 0.717) is 0 Å². The van der Waals surface area contributed by atoms with Crippen molar-refractivity contribution in [1.29, 1.82) is 0 Å². The molecule has 1 aromatic carbocycles. The van der Waals surface area contributed by atoms with Gasteiger partial charge in [-0.1, -0.05) is 6.07 Å². The number of carboxylic acids is 1. The molecule has 0 unspecified atom stereocenters. The molecule has 0 spiro atoms. The van der Waals surface area contributed by atoms with Gasteiger partial charge in [0, 0.05) is 15.8 Å². The number of hydrogen-bond donors (Lipinski definition) is 1. The normalized spacial score (nSPS) is 10.6. The maximum absolute atomic E-state index is 10.6. The van der Waals surface area contributed by atoms with E-state index >= 15 is 0 Å². The molecule has 1 heterocycles. The molecule has 3 nitrogen and oxygen atoms in total. The molecule has 0 bridgehead atoms. The van der Waals surface area contributed by atoms with E-state index in [9.17, 15) is 9.90 Å². The molecule has 4 heteroatoms. The van der Waals surface area contributed by atoms with Crippen LogP contribution in [0.3, 0.4) is 0 Å². The zero-order chi connectivity index (χ0) is 10.1. The van der Waals surface area contributed by atoms with Crippen molar-refractivity contribution >= 4 is 28.6 Å². The molecule has 2 aromatic rings. The van der Waals surface area contributed by atoms with E-state index in [4.69, 9.17) is 0 Å². The number of benzene rings is 1. The summed E-state index contributed by atoms with van der Waals surface area (Å²) in [7, 11) is 0. The molecule has 2 rings (SSSR count). The van der Waals surface area contributed by atoms with Gasteiger partial charge >= 0.3 is 0 Å². The summed E-state index contributed by atoms with van der Waals surface area (Å²) in [5.41, 5.74) is 0.953. The highest BCUT2D eigenvalue weighted by Crippen LogP contribution is 2.22. The van der Waals surface area contributed by atoms with Crippen LogP contribution in [-0.2, 0) is 0 Å². The van der Waals surface area contributed by atoms with E-state index in [1.165, 1.54) is 0 Å². The molecule has 0 fully saturated rings. The molecule has 0 amide bonds. The molecular weight excluding hydrogens is 198 g/mol. The lowest BCUT2D eigenvalue weighted by Gasteiger charge is -1.95. The first kappa shape index (κ1) is 9.15. The maximum Gasteiger partial charge on any atom is 0.0878 e. The predicted molar refractivity (Wildman–Crippen MR) is 54.4 cm³/mol. The minimum absolute atomic E-state index is 0.123. The highest BCUT2D eigenvalue weighted by molar-refractivity contribution is 7.98. The number of thioether (sulfide) groups is 1. The summed E-state index contributed by atoms with van der Waals surface area (Å²) in [4.78, 5) is 14.5. The van der Waals surface area contributed by atoms with Crippen LogP contribution >= 0.6 is 11.8 Å². The summed E-state index contributed by atoms with van der Waals surface area (Å²) in [5, 5.41) is 11.5. The van der Waals surface area contributed by atoms with Crippen molar-refractivity contribution in [3.05, 3.63) is 30.0 Å². The number of nitrogens with one attached hydrogen (secondary N) is 1. The number of aromatic amines is 1. The fourth-order valence-electron chi connectivity index (χ4n) is 1.34. The number of carbonyl (C=O) groups is 1. The third-order valence-corrected chi connectivity index (χ3v) is 2.77. The lowest BCUT2D eigenvalue weighted by molar-refractivity contribution is -0.255. The average molecular weight is 206 g/mol. The summed E-state index contributed by atoms with van der Waals surface area (Å²) in [5.74, 6) is -1.17. The molecule has 0 atom stereocenters. The standard InChI is InChI=1S/C10H9NO2S/c1-14-7-3-2-6-4-9(10(12)13)11-8(6)5-7/h2-5,11H,1H3,(H,12,13)/p-1. The van der Waals surface area contributed by atoms with Gasteiger partial charge in [-0.25, -0.2) is 0 Å². The summed E-state index contributed by atoms with van der Waals surface area (Å²) < 4.78 is 0. The van der Waals surface area contributed by atoms with Crippen LogP contribution in [0.5, 0.6) is 0 Å². The van der Waals surface area contributed by atoms with E-state index in [1.54, 1.807) is 17.8 Å². The van der Waals surface area contributed by atoms with Crippen molar-refractivity contribution in [2.75, 3.05) is 6.26 Å². The van der Waals surface area contributed by atoms with E-state index in [0.717, 1.165) is 15.8 Å². The molecule has 1 aromatic heterocycles. The minimum Gasteiger partial charge on any atom is -0.543 e. The molecule has 0 aliphatic rings. The Morgan fingerprint density at radius 1 is 1.43 bits per heavy atom. The van der Waals surface area contributed by atoms with Gasteiger partial charge in [-0.2, -0.15) is 0 Å². The lowest BCUT2D eigenvalue weighted by Crippen LogP contribution is -2.22. The van der Waals surface area contributed by atoms with Crippen LogP contribution in [0.25, 0.3) is 10.9 Å². The summed E-state index contributed by atoms with van der Waals surface area (Å²) in [6.45, 7) is 0. The van der Waals surface area contributed by atoms with Gasteiger partial charge < -0.3 is 14.9 Å². The van der Waals surface area contributed by atoms with Crippen LogP contribution in [0.15, 0.2) is 29.2 Å². The second-order valence-corrected chi connectivity index (χ2v) is 3.80. The van der Waals surface area contributed by atoms with Crippen LogP contribution in [0.1, 0.15) is 10.5 Å². The van der Waals surface area contributed by atoms with Crippen LogP contribution < -0.4 is 5.11 Å². The molecular formula is C10H8NO2S-. The predicted octanol–water partition coefficient (Wildman–Crippen LogP) is 1.25. The third-order valence-electron chi connectivity index (χ3n) is 2.05. The van der Waals surface area contributed by atoms with Gasteiger partial charge in [0.2, 0.25) is 0 Å². The summed E-state index contributed by atoms with van der Waals surface area (Å²) in [6, 6.07) is 7.35. The Labute approximate surface area is 85.1 Å². The lowest BCUT2D eigenvalue weighted by atomic mass is 10.2. The Hall–Kier alpha value is -1.42. The van der Waals surface area contributed by atoms with E-state index < -0.39 is 5.97 Å². The highest BCUT2D eigenvalue weighted by atomic mass is 32.2. The Bertz CT molecular complexity index is 490. The number of carboxylic acid groups (broad SMARTS) is 1. The maximum atomic E-state index is 10.6. The molecule has 0 saturated carbocycles. The Balaban J connectivity index is 2.60. The first-order valence-corrected chi connectivity index (χ1v) is 5.31. The number of aromatic carboxylic acids is 1. The van der Waals surface area contributed by atoms with E-state index in [-0.39, 0.29) is 5.69 Å². The number of H-pyrrole nitrogens is 1. The number of aromatic nitrogens is 1. The number of fused-ring (bicyclic) bond motifs is 1. The first-order valence-electron chi connectivity index (χ1n) is 4.09. The monoisotopic (exact) mass is 206 g/mol. The highest BCUT2D eigenvalue weighted by Gasteiger charge is 2.01. The molecule has 1 N–H and O–H groups in total. The van der Waals surface area contributed by atoms with Gasteiger partial charge in [0.15, 0.2) is 0 Å². The fourth-order valence-corrected chi connectivity index (χ4v) is 1.78. The third kappa shape index (κ3) is 1.48. The van der Waals surface area contributed by atoms with Crippen LogP contribution in [0.4, 0.5) is 0 Å². The Morgan fingerprint density at radius 3 is 2.86 bits per heavy atom. The topological polar surface area (TPSA) is 55.9 Å². The van der Waals surface area contributed by atoms with Crippen LogP contribution in [-0.4, -0.2) is 17.2 Å². The SMILES string of the molecule is CSc1ccc2cc(C(=O)[O-])[nH]c2c1. The fraction of sp³-hybridized carbons (Fsp3) is 0.100. The van der Waals surface area contributed by atoms with Crippen molar-refractivity contribution in [3.8, 4) is 0 Å². The average Bonchev–Trinajstić information content (AvgIpc) is 2.59. The van der Waals surface area contributed by atoms with Crippen molar-refractivity contribution in [3.63, 3.8) is 0 Å². The van der Waals surface area contributed by atoms with Crippen LogP contribution in [0, 0.1) is 0 Å². The first-order chi connectivity index (χ1) is 6.70. The van der Waals surface area contributed by atoms with Gasteiger partial charge in [-0.15, -0.1) is 11.8 Å². The molecule has 14 heavy (non-hydrogen) atoms. The quantitative estimate of drug-likeness (QED) is 0.752. The van der Waals surface area contributed by atoms with E-state index in [2.05, 4.69) is 4.98 Å². The number of carbonyl (C=O) groups excluding carboxylic acids is 1. The van der Waals surface area contributed by atoms with Gasteiger partial charge in [0.05, 0.1) is 11.7 Å². The molecule has 0 saturated heterocycles. The van der Waals surface area contributed by atoms with Gasteiger partial charge in [0.1, 0.15) is 0 Å². The molecule has 72 valence electrons. The van der Waals surface area contributed by atoms with E-state index in [1.807, 2.05) is 24.5 Å². The second-order valence-electron chi connectivity index (χ2n) is 2.92. The largest absolute Gasteiger partial charge is 0.543 e. The van der Waals surface area contributed by atoms with Gasteiger partial charge in [-0.05, 0) is 24.5 Å². The summed E-state index contributed by atoms with van der Waals surface area (Å²) >= 11 is 1.62. The second kappa shape index (κ2) is 3.38. The zero-order valence-corrected chi connectivity index (χ0v) is 8.35. The van der Waals surface area contributed by atoms with Crippen molar-refractivity contribution in [2.45, 2.75) is 4.90 Å². The number of hydrogen-bond acceptors (Lipinski definition) is 3. The van der Waals surface area contributed by atoms with Gasteiger partial charge in [0.25, 0.3) is 0 Å². The number of rotatable bonds is 2. The molecule has 0 aliphatic heterocycles. The van der Waals surface area contributed by atoms with Crippen molar-refractivity contribution < 1.29 is 9.90 Å². The van der Waals surface area contributed by atoms with Crippen LogP contribution in [0.2, 0.25) is 0 Å². The van der Waals surface area contributed by atoms with Crippen molar-refractivity contribution in [2.24, 2.45) is 0 Å².